The largest absolute Gasteiger partial charge is 0.433 e. The van der Waals surface area contributed by atoms with Crippen LogP contribution in [0.3, 0.4) is 0 Å². The zero-order valence-electron chi connectivity index (χ0n) is 13.3. The second-order valence-corrected chi connectivity index (χ2v) is 5.81. The van der Waals surface area contributed by atoms with E-state index in [9.17, 15) is 13.2 Å². The molecule has 5 nitrogen and oxygen atoms in total. The number of hydrogen-bond acceptors (Lipinski definition) is 5. The molecular formula is C16H18F3N5. The predicted molar refractivity (Wildman–Crippen MR) is 83.5 cm³/mol. The summed E-state index contributed by atoms with van der Waals surface area (Å²) in [5.74, 6) is 0.728. The summed E-state index contributed by atoms with van der Waals surface area (Å²) in [6.45, 7) is 5.71. The Bertz CT molecular complexity index is 679. The highest BCUT2D eigenvalue weighted by molar-refractivity contribution is 5.31. The van der Waals surface area contributed by atoms with Gasteiger partial charge in [-0.25, -0.2) is 9.97 Å². The molecule has 2 aromatic rings. The maximum absolute atomic E-state index is 12.5. The molecule has 0 saturated carbocycles. The number of rotatable bonds is 3. The SMILES string of the molecule is Cc1ccnc(N2CCN(Cc3ccc(C(F)(F)F)nc3)CC2)n1. The molecule has 0 radical (unpaired) electrons. The van der Waals surface area contributed by atoms with Crippen LogP contribution in [-0.4, -0.2) is 46.0 Å². The summed E-state index contributed by atoms with van der Waals surface area (Å²) in [6.07, 6.45) is -1.34. The standard InChI is InChI=1S/C16H18F3N5/c1-12-4-5-20-15(22-12)24-8-6-23(7-9-24)11-13-2-3-14(21-10-13)16(17,18)19/h2-5,10H,6-9,11H2,1H3. The van der Waals surface area contributed by atoms with Crippen molar-refractivity contribution in [2.45, 2.75) is 19.6 Å². The first-order valence-corrected chi connectivity index (χ1v) is 7.71. The molecule has 1 fully saturated rings. The van der Waals surface area contributed by atoms with E-state index in [1.807, 2.05) is 13.0 Å². The highest BCUT2D eigenvalue weighted by atomic mass is 19.4. The van der Waals surface area contributed by atoms with Crippen LogP contribution >= 0.6 is 0 Å². The van der Waals surface area contributed by atoms with Crippen LogP contribution in [0.5, 0.6) is 0 Å². The molecule has 0 spiro atoms. The fourth-order valence-corrected chi connectivity index (χ4v) is 2.64. The van der Waals surface area contributed by atoms with E-state index in [4.69, 9.17) is 0 Å². The minimum Gasteiger partial charge on any atom is -0.338 e. The Morgan fingerprint density at radius 1 is 1.04 bits per heavy atom. The first-order valence-electron chi connectivity index (χ1n) is 7.71. The van der Waals surface area contributed by atoms with Gasteiger partial charge in [0.05, 0.1) is 0 Å². The molecule has 0 aromatic carbocycles. The van der Waals surface area contributed by atoms with Crippen molar-refractivity contribution in [1.82, 2.24) is 19.9 Å². The van der Waals surface area contributed by atoms with Gasteiger partial charge < -0.3 is 4.90 Å². The van der Waals surface area contributed by atoms with Crippen LogP contribution in [0.1, 0.15) is 17.0 Å². The number of aryl methyl sites for hydroxylation is 1. The summed E-state index contributed by atoms with van der Waals surface area (Å²) < 4.78 is 37.6. The molecule has 0 amide bonds. The van der Waals surface area contributed by atoms with Crippen molar-refractivity contribution >= 4 is 5.95 Å². The molecule has 3 heterocycles. The molecule has 0 N–H and O–H groups in total. The smallest absolute Gasteiger partial charge is 0.338 e. The van der Waals surface area contributed by atoms with Gasteiger partial charge in [-0.15, -0.1) is 0 Å². The van der Waals surface area contributed by atoms with Crippen LogP contribution < -0.4 is 4.90 Å². The molecule has 0 unspecified atom stereocenters. The highest BCUT2D eigenvalue weighted by Gasteiger charge is 2.32. The second-order valence-electron chi connectivity index (χ2n) is 5.81. The minimum atomic E-state index is -4.39. The maximum Gasteiger partial charge on any atom is 0.433 e. The molecule has 1 aliphatic heterocycles. The van der Waals surface area contributed by atoms with Gasteiger partial charge in [-0.05, 0) is 24.6 Å². The van der Waals surface area contributed by atoms with Gasteiger partial charge in [0.15, 0.2) is 0 Å². The summed E-state index contributed by atoms with van der Waals surface area (Å²) in [7, 11) is 0. The number of anilines is 1. The lowest BCUT2D eigenvalue weighted by Crippen LogP contribution is -2.46. The second kappa shape index (κ2) is 6.72. The van der Waals surface area contributed by atoms with E-state index in [0.29, 0.717) is 6.54 Å². The van der Waals surface area contributed by atoms with Crippen molar-refractivity contribution in [2.24, 2.45) is 0 Å². The minimum absolute atomic E-state index is 0.591. The average molecular weight is 337 g/mol. The van der Waals surface area contributed by atoms with E-state index in [-0.39, 0.29) is 0 Å². The van der Waals surface area contributed by atoms with Crippen LogP contribution in [-0.2, 0) is 12.7 Å². The summed E-state index contributed by atoms with van der Waals surface area (Å²) in [6, 6.07) is 4.38. The third-order valence-corrected chi connectivity index (χ3v) is 3.96. The summed E-state index contributed by atoms with van der Waals surface area (Å²) in [4.78, 5) is 16.5. The summed E-state index contributed by atoms with van der Waals surface area (Å²) >= 11 is 0. The normalized spacial score (nSPS) is 16.4. The Balaban J connectivity index is 1.55. The van der Waals surface area contributed by atoms with Crippen molar-refractivity contribution in [1.29, 1.82) is 0 Å². The fourth-order valence-electron chi connectivity index (χ4n) is 2.64. The quantitative estimate of drug-likeness (QED) is 0.861. The number of halogens is 3. The topological polar surface area (TPSA) is 45.2 Å². The molecule has 0 aliphatic carbocycles. The van der Waals surface area contributed by atoms with Gasteiger partial charge in [0.2, 0.25) is 5.95 Å². The van der Waals surface area contributed by atoms with E-state index in [1.54, 1.807) is 6.20 Å². The van der Waals surface area contributed by atoms with E-state index in [0.717, 1.165) is 49.5 Å². The third kappa shape index (κ3) is 4.00. The van der Waals surface area contributed by atoms with Crippen LogP contribution in [0.4, 0.5) is 19.1 Å². The lowest BCUT2D eigenvalue weighted by atomic mass is 10.2. The summed E-state index contributed by atoms with van der Waals surface area (Å²) in [5, 5.41) is 0. The average Bonchev–Trinajstić information content (AvgIpc) is 2.55. The van der Waals surface area contributed by atoms with Crippen LogP contribution in [0.15, 0.2) is 30.6 Å². The van der Waals surface area contributed by atoms with Crippen molar-refractivity contribution in [3.8, 4) is 0 Å². The maximum atomic E-state index is 12.5. The van der Waals surface area contributed by atoms with Gasteiger partial charge in [-0.3, -0.25) is 9.88 Å². The first-order chi connectivity index (χ1) is 11.4. The lowest BCUT2D eigenvalue weighted by Gasteiger charge is -2.34. The van der Waals surface area contributed by atoms with Gasteiger partial charge in [-0.2, -0.15) is 13.2 Å². The first kappa shape index (κ1) is 16.6. The van der Waals surface area contributed by atoms with Crippen molar-refractivity contribution in [3.63, 3.8) is 0 Å². The molecule has 24 heavy (non-hydrogen) atoms. The Hall–Kier alpha value is -2.22. The van der Waals surface area contributed by atoms with Crippen LogP contribution in [0.2, 0.25) is 0 Å². The Morgan fingerprint density at radius 3 is 2.38 bits per heavy atom. The van der Waals surface area contributed by atoms with Gasteiger partial charge in [-0.1, -0.05) is 6.07 Å². The Kier molecular flexibility index (Phi) is 4.66. The molecule has 1 saturated heterocycles. The lowest BCUT2D eigenvalue weighted by molar-refractivity contribution is -0.141. The number of alkyl halides is 3. The van der Waals surface area contributed by atoms with E-state index >= 15 is 0 Å². The number of hydrogen-bond donors (Lipinski definition) is 0. The molecular weight excluding hydrogens is 319 g/mol. The molecule has 0 bridgehead atoms. The monoisotopic (exact) mass is 337 g/mol. The van der Waals surface area contributed by atoms with Gasteiger partial charge in [0.25, 0.3) is 0 Å². The van der Waals surface area contributed by atoms with Gasteiger partial charge in [0.1, 0.15) is 5.69 Å². The van der Waals surface area contributed by atoms with E-state index in [1.165, 1.54) is 12.3 Å². The van der Waals surface area contributed by atoms with E-state index < -0.39 is 11.9 Å². The van der Waals surface area contributed by atoms with Crippen LogP contribution in [0, 0.1) is 6.92 Å². The highest BCUT2D eigenvalue weighted by Crippen LogP contribution is 2.27. The van der Waals surface area contributed by atoms with Crippen molar-refractivity contribution in [2.75, 3.05) is 31.1 Å². The molecule has 3 rings (SSSR count). The van der Waals surface area contributed by atoms with Gasteiger partial charge in [0, 0.05) is 50.8 Å². The summed E-state index contributed by atoms with van der Waals surface area (Å²) in [5.41, 5.74) is 0.856. The fraction of sp³-hybridized carbons (Fsp3) is 0.438. The zero-order chi connectivity index (χ0) is 17.2. The van der Waals surface area contributed by atoms with Crippen molar-refractivity contribution < 1.29 is 13.2 Å². The van der Waals surface area contributed by atoms with Crippen LogP contribution in [0.25, 0.3) is 0 Å². The third-order valence-electron chi connectivity index (χ3n) is 3.96. The Labute approximate surface area is 138 Å². The molecule has 8 heteroatoms. The molecule has 1 aliphatic rings. The number of nitrogens with zero attached hydrogens (tertiary/aromatic N) is 5. The Morgan fingerprint density at radius 2 is 1.79 bits per heavy atom. The number of pyridine rings is 1. The predicted octanol–water partition coefficient (Wildman–Crippen LogP) is 2.52. The molecule has 0 atom stereocenters. The number of piperazine rings is 1. The van der Waals surface area contributed by atoms with E-state index in [2.05, 4.69) is 24.8 Å². The van der Waals surface area contributed by atoms with Gasteiger partial charge >= 0.3 is 6.18 Å². The van der Waals surface area contributed by atoms with Crippen molar-refractivity contribution in [3.05, 3.63) is 47.5 Å². The molecule has 128 valence electrons. The zero-order valence-corrected chi connectivity index (χ0v) is 13.3. The molecule has 2 aromatic heterocycles. The number of aromatic nitrogens is 3.